The van der Waals surface area contributed by atoms with Gasteiger partial charge in [0.25, 0.3) is 0 Å². The molecule has 2 aromatic rings. The van der Waals surface area contributed by atoms with E-state index in [2.05, 4.69) is 15.0 Å². The lowest BCUT2D eigenvalue weighted by Gasteiger charge is -2.23. The molecule has 2 heterocycles. The summed E-state index contributed by atoms with van der Waals surface area (Å²) >= 11 is 6.01. The normalized spacial score (nSPS) is 17.0. The number of methoxy groups -OCH3 is 1. The Morgan fingerprint density at radius 2 is 2.35 bits per heavy atom. The molecule has 1 aliphatic heterocycles. The monoisotopic (exact) mass is 379 g/mol. The lowest BCUT2D eigenvalue weighted by atomic mass is 10.2. The molecule has 26 heavy (non-hydrogen) atoms. The van der Waals surface area contributed by atoms with Crippen molar-refractivity contribution >= 4 is 17.6 Å². The van der Waals surface area contributed by atoms with Crippen molar-refractivity contribution < 1.29 is 18.8 Å². The third-order valence-electron chi connectivity index (χ3n) is 4.26. The van der Waals surface area contributed by atoms with Crippen LogP contribution in [0.4, 0.5) is 0 Å². The molecule has 0 radical (unpaired) electrons. The number of halogens is 1. The van der Waals surface area contributed by atoms with E-state index in [-0.39, 0.29) is 12.1 Å². The molecule has 0 N–H and O–H groups in total. The van der Waals surface area contributed by atoms with Gasteiger partial charge >= 0.3 is 5.97 Å². The van der Waals surface area contributed by atoms with E-state index in [0.717, 1.165) is 25.0 Å². The van der Waals surface area contributed by atoms with E-state index < -0.39 is 0 Å². The number of hydrogen-bond donors (Lipinski definition) is 0. The minimum absolute atomic E-state index is 0.169. The van der Waals surface area contributed by atoms with Crippen LogP contribution in [0.3, 0.4) is 0 Å². The summed E-state index contributed by atoms with van der Waals surface area (Å²) in [5.41, 5.74) is 0.799. The van der Waals surface area contributed by atoms with Gasteiger partial charge in [0.2, 0.25) is 11.7 Å². The number of esters is 1. The van der Waals surface area contributed by atoms with E-state index in [1.54, 1.807) is 12.1 Å². The molecular weight excluding hydrogens is 358 g/mol. The van der Waals surface area contributed by atoms with Crippen LogP contribution >= 0.6 is 11.6 Å². The van der Waals surface area contributed by atoms with Crippen molar-refractivity contribution in [3.8, 4) is 11.4 Å². The quantitative estimate of drug-likeness (QED) is 0.652. The van der Waals surface area contributed by atoms with Gasteiger partial charge in [0.1, 0.15) is 0 Å². The van der Waals surface area contributed by atoms with Crippen molar-refractivity contribution in [3.63, 3.8) is 0 Å². The molecule has 0 spiro atoms. The largest absolute Gasteiger partial charge is 0.469 e. The third kappa shape index (κ3) is 5.27. The van der Waals surface area contributed by atoms with Crippen LogP contribution in [0.2, 0.25) is 5.02 Å². The highest BCUT2D eigenvalue weighted by Gasteiger charge is 2.22. The fourth-order valence-electron chi connectivity index (χ4n) is 2.92. The van der Waals surface area contributed by atoms with Gasteiger partial charge in [0.15, 0.2) is 0 Å². The summed E-state index contributed by atoms with van der Waals surface area (Å²) < 4.78 is 15.8. The Morgan fingerprint density at radius 1 is 1.46 bits per heavy atom. The highest BCUT2D eigenvalue weighted by atomic mass is 35.5. The van der Waals surface area contributed by atoms with Crippen molar-refractivity contribution in [1.29, 1.82) is 0 Å². The summed E-state index contributed by atoms with van der Waals surface area (Å²) in [7, 11) is 1.39. The molecule has 1 atom stereocenters. The molecule has 1 fully saturated rings. The van der Waals surface area contributed by atoms with Gasteiger partial charge in [-0.2, -0.15) is 4.98 Å². The predicted octanol–water partition coefficient (Wildman–Crippen LogP) is 2.93. The van der Waals surface area contributed by atoms with Gasteiger partial charge in [-0.15, -0.1) is 0 Å². The fourth-order valence-corrected chi connectivity index (χ4v) is 3.11. The van der Waals surface area contributed by atoms with E-state index in [0.29, 0.717) is 42.8 Å². The van der Waals surface area contributed by atoms with Crippen molar-refractivity contribution in [2.45, 2.75) is 31.9 Å². The van der Waals surface area contributed by atoms with Gasteiger partial charge in [-0.05, 0) is 25.0 Å². The Bertz CT molecular complexity index is 731. The molecule has 0 aliphatic carbocycles. The summed E-state index contributed by atoms with van der Waals surface area (Å²) in [4.78, 5) is 18.0. The summed E-state index contributed by atoms with van der Waals surface area (Å²) in [5.74, 6) is 0.739. The molecule has 0 bridgehead atoms. The molecule has 1 aliphatic rings. The maximum absolute atomic E-state index is 11.5. The Labute approximate surface area is 157 Å². The zero-order valence-electron chi connectivity index (χ0n) is 14.7. The first-order valence-corrected chi connectivity index (χ1v) is 9.01. The first-order chi connectivity index (χ1) is 12.6. The Hall–Kier alpha value is -1.96. The zero-order chi connectivity index (χ0) is 18.4. The number of hydrogen-bond acceptors (Lipinski definition) is 7. The lowest BCUT2D eigenvalue weighted by molar-refractivity contribution is -0.141. The number of aromatic nitrogens is 2. The fraction of sp³-hybridized carbons (Fsp3) is 0.500. The lowest BCUT2D eigenvalue weighted by Crippen LogP contribution is -2.33. The van der Waals surface area contributed by atoms with Crippen LogP contribution in [-0.2, 0) is 20.8 Å². The van der Waals surface area contributed by atoms with E-state index >= 15 is 0 Å². The Kier molecular flexibility index (Phi) is 6.60. The van der Waals surface area contributed by atoms with Crippen LogP contribution in [0.15, 0.2) is 28.8 Å². The minimum atomic E-state index is -0.243. The molecule has 140 valence electrons. The van der Waals surface area contributed by atoms with Crippen LogP contribution in [0.1, 0.15) is 25.2 Å². The molecular formula is C18H22ClN3O4. The molecule has 8 heteroatoms. The van der Waals surface area contributed by atoms with Gasteiger partial charge in [-0.3, -0.25) is 9.69 Å². The highest BCUT2D eigenvalue weighted by Crippen LogP contribution is 2.21. The maximum Gasteiger partial charge on any atom is 0.306 e. The van der Waals surface area contributed by atoms with Crippen LogP contribution in [0, 0.1) is 0 Å². The van der Waals surface area contributed by atoms with Crippen LogP contribution in [0.5, 0.6) is 0 Å². The predicted molar refractivity (Wildman–Crippen MR) is 95.6 cm³/mol. The number of rotatable bonds is 8. The average Bonchev–Trinajstić information content (AvgIpc) is 3.31. The zero-order valence-corrected chi connectivity index (χ0v) is 15.4. The van der Waals surface area contributed by atoms with Crippen molar-refractivity contribution in [3.05, 3.63) is 35.2 Å². The first-order valence-electron chi connectivity index (χ1n) is 8.63. The van der Waals surface area contributed by atoms with E-state index in [9.17, 15) is 4.79 Å². The second-order valence-corrected chi connectivity index (χ2v) is 6.65. The van der Waals surface area contributed by atoms with E-state index in [1.165, 1.54) is 7.11 Å². The smallest absolute Gasteiger partial charge is 0.306 e. The number of nitrogens with zero attached hydrogens (tertiary/aromatic N) is 3. The second kappa shape index (κ2) is 9.12. The Balaban J connectivity index is 1.66. The van der Waals surface area contributed by atoms with E-state index in [4.69, 9.17) is 25.6 Å². The Morgan fingerprint density at radius 3 is 3.08 bits per heavy atom. The highest BCUT2D eigenvalue weighted by molar-refractivity contribution is 6.30. The van der Waals surface area contributed by atoms with Crippen molar-refractivity contribution in [2.75, 3.05) is 26.8 Å². The molecule has 1 aromatic carbocycles. The summed E-state index contributed by atoms with van der Waals surface area (Å²) in [6.07, 6.45) is 2.56. The minimum Gasteiger partial charge on any atom is -0.469 e. The number of carbonyl (C=O) groups excluding carboxylic acids is 1. The topological polar surface area (TPSA) is 77.7 Å². The number of ether oxygens (including phenoxy) is 2. The SMILES string of the molecule is COC(=O)CCN(Cc1nc(-c2cccc(Cl)c2)no1)CC1CCCO1. The molecule has 1 unspecified atom stereocenters. The summed E-state index contributed by atoms with van der Waals surface area (Å²) in [5, 5.41) is 4.65. The maximum atomic E-state index is 11.5. The van der Waals surface area contributed by atoms with Gasteiger partial charge in [-0.1, -0.05) is 28.9 Å². The second-order valence-electron chi connectivity index (χ2n) is 6.22. The molecule has 0 amide bonds. The molecule has 3 rings (SSSR count). The molecule has 7 nitrogen and oxygen atoms in total. The average molecular weight is 380 g/mol. The summed E-state index contributed by atoms with van der Waals surface area (Å²) in [6.45, 7) is 2.49. The van der Waals surface area contributed by atoms with Crippen LogP contribution in [0.25, 0.3) is 11.4 Å². The third-order valence-corrected chi connectivity index (χ3v) is 4.49. The van der Waals surface area contributed by atoms with Crippen molar-refractivity contribution in [1.82, 2.24) is 15.0 Å². The molecule has 1 aromatic heterocycles. The van der Waals surface area contributed by atoms with Crippen LogP contribution in [-0.4, -0.2) is 53.9 Å². The first kappa shape index (κ1) is 18.8. The van der Waals surface area contributed by atoms with E-state index in [1.807, 2.05) is 12.1 Å². The van der Waals surface area contributed by atoms with Crippen LogP contribution < -0.4 is 0 Å². The number of carbonyl (C=O) groups is 1. The van der Waals surface area contributed by atoms with Gasteiger partial charge in [-0.25, -0.2) is 0 Å². The summed E-state index contributed by atoms with van der Waals surface area (Å²) in [6, 6.07) is 7.30. The number of benzene rings is 1. The van der Waals surface area contributed by atoms with Gasteiger partial charge < -0.3 is 14.0 Å². The standard InChI is InChI=1S/C18H22ClN3O4/c1-24-17(23)7-8-22(11-15-6-3-9-25-15)12-16-20-18(21-26-16)13-4-2-5-14(19)10-13/h2,4-5,10,15H,3,6-9,11-12H2,1H3. The molecule has 0 saturated carbocycles. The van der Waals surface area contributed by atoms with Gasteiger partial charge in [0.05, 0.1) is 26.2 Å². The van der Waals surface area contributed by atoms with Crippen molar-refractivity contribution in [2.24, 2.45) is 0 Å². The molecule has 1 saturated heterocycles. The van der Waals surface area contributed by atoms with Gasteiger partial charge in [0, 0.05) is 30.3 Å².